The molecule has 1 saturated carbocycles. The summed E-state index contributed by atoms with van der Waals surface area (Å²) in [5, 5.41) is 18.3. The van der Waals surface area contributed by atoms with E-state index in [9.17, 15) is 19.1 Å². The van der Waals surface area contributed by atoms with Crippen LogP contribution in [0, 0.1) is 5.82 Å². The lowest BCUT2D eigenvalue weighted by Crippen LogP contribution is -2.27. The molecule has 0 atom stereocenters. The zero-order valence-corrected chi connectivity index (χ0v) is 23.3. The van der Waals surface area contributed by atoms with Crippen LogP contribution in [-0.4, -0.2) is 40.1 Å². The SMILES string of the molecule is O=C(O)CCCN(CCc1ccccc1Oc1ccc(-c2ccc(C3CC3)cc2F)cc1)Cc1ccc(C(=O)O)cc1. The number of carboxylic acids is 2. The summed E-state index contributed by atoms with van der Waals surface area (Å²) >= 11 is 0. The maximum Gasteiger partial charge on any atom is 0.335 e. The number of ether oxygens (including phenoxy) is 1. The molecule has 4 aromatic carbocycles. The molecule has 42 heavy (non-hydrogen) atoms. The van der Waals surface area contributed by atoms with Gasteiger partial charge >= 0.3 is 11.9 Å². The van der Waals surface area contributed by atoms with Gasteiger partial charge in [-0.05, 0) is 96.8 Å². The van der Waals surface area contributed by atoms with Crippen LogP contribution in [0.5, 0.6) is 11.5 Å². The van der Waals surface area contributed by atoms with Crippen molar-refractivity contribution in [3.63, 3.8) is 0 Å². The number of carbonyl (C=O) groups is 2. The van der Waals surface area contributed by atoms with Crippen LogP contribution in [0.4, 0.5) is 4.39 Å². The van der Waals surface area contributed by atoms with Crippen molar-refractivity contribution >= 4 is 11.9 Å². The Kier molecular flexibility index (Phi) is 9.29. The largest absolute Gasteiger partial charge is 0.481 e. The molecule has 2 N–H and O–H groups in total. The highest BCUT2D eigenvalue weighted by Gasteiger charge is 2.24. The molecule has 216 valence electrons. The van der Waals surface area contributed by atoms with Crippen LogP contribution < -0.4 is 4.74 Å². The van der Waals surface area contributed by atoms with Crippen LogP contribution in [-0.2, 0) is 17.8 Å². The van der Waals surface area contributed by atoms with Crippen molar-refractivity contribution in [3.05, 3.63) is 119 Å². The van der Waals surface area contributed by atoms with Crippen LogP contribution >= 0.6 is 0 Å². The van der Waals surface area contributed by atoms with Gasteiger partial charge in [0.2, 0.25) is 0 Å². The van der Waals surface area contributed by atoms with E-state index in [0.29, 0.717) is 49.7 Å². The summed E-state index contributed by atoms with van der Waals surface area (Å²) in [6.45, 7) is 1.83. The van der Waals surface area contributed by atoms with Crippen molar-refractivity contribution in [3.8, 4) is 22.6 Å². The lowest BCUT2D eigenvalue weighted by Gasteiger charge is -2.23. The molecular formula is C35H34FNO5. The third-order valence-electron chi connectivity index (χ3n) is 7.58. The predicted molar refractivity (Wildman–Crippen MR) is 160 cm³/mol. The standard InChI is InChI=1S/C35H34FNO5/c36-32-22-29(25-11-12-25)15-18-31(32)26-13-16-30(17-14-26)42-33-5-2-1-4-27(33)19-21-37(20-3-6-34(38)39)23-24-7-9-28(10-8-24)35(40)41/h1-2,4-5,7-10,13-18,22,25H,3,6,11-12,19-21,23H2,(H,38,39)(H,40,41). The first-order chi connectivity index (χ1) is 20.4. The van der Waals surface area contributed by atoms with Crippen molar-refractivity contribution in [2.45, 2.75) is 44.6 Å². The number of aliphatic carboxylic acids is 1. The second kappa shape index (κ2) is 13.4. The Balaban J connectivity index is 1.24. The quantitative estimate of drug-likeness (QED) is 0.162. The van der Waals surface area contributed by atoms with Gasteiger partial charge in [-0.2, -0.15) is 0 Å². The first-order valence-corrected chi connectivity index (χ1v) is 14.3. The second-order valence-electron chi connectivity index (χ2n) is 10.8. The molecule has 1 aliphatic carbocycles. The van der Waals surface area contributed by atoms with Crippen molar-refractivity contribution in [1.82, 2.24) is 4.90 Å². The molecule has 0 amide bonds. The summed E-state index contributed by atoms with van der Waals surface area (Å²) in [6.07, 6.45) is 3.54. The molecule has 4 aromatic rings. The van der Waals surface area contributed by atoms with Gasteiger partial charge in [0.25, 0.3) is 0 Å². The second-order valence-corrected chi connectivity index (χ2v) is 10.8. The maximum atomic E-state index is 14.8. The zero-order valence-electron chi connectivity index (χ0n) is 23.3. The third kappa shape index (κ3) is 7.83. The van der Waals surface area contributed by atoms with Gasteiger partial charge in [-0.3, -0.25) is 9.69 Å². The van der Waals surface area contributed by atoms with E-state index >= 15 is 0 Å². The molecular weight excluding hydrogens is 533 g/mol. The van der Waals surface area contributed by atoms with Gasteiger partial charge in [0, 0.05) is 25.1 Å². The first kappa shape index (κ1) is 29.0. The minimum absolute atomic E-state index is 0.0821. The number of halogens is 1. The van der Waals surface area contributed by atoms with Crippen LogP contribution in [0.1, 0.15) is 58.6 Å². The number of rotatable bonds is 14. The van der Waals surface area contributed by atoms with Gasteiger partial charge in [0.15, 0.2) is 0 Å². The van der Waals surface area contributed by atoms with Gasteiger partial charge in [0.1, 0.15) is 17.3 Å². The van der Waals surface area contributed by atoms with Crippen LogP contribution in [0.3, 0.4) is 0 Å². The summed E-state index contributed by atoms with van der Waals surface area (Å²) in [4.78, 5) is 24.5. The fourth-order valence-corrected chi connectivity index (χ4v) is 5.09. The average Bonchev–Trinajstić information content (AvgIpc) is 3.83. The molecule has 0 heterocycles. The molecule has 1 aliphatic rings. The fourth-order valence-electron chi connectivity index (χ4n) is 5.09. The highest BCUT2D eigenvalue weighted by atomic mass is 19.1. The molecule has 0 aromatic heterocycles. The molecule has 0 spiro atoms. The lowest BCUT2D eigenvalue weighted by atomic mass is 10.0. The number of aromatic carboxylic acids is 1. The van der Waals surface area contributed by atoms with Crippen molar-refractivity contribution in [2.24, 2.45) is 0 Å². The predicted octanol–water partition coefficient (Wildman–Crippen LogP) is 7.77. The first-order valence-electron chi connectivity index (χ1n) is 14.3. The molecule has 0 bridgehead atoms. The Morgan fingerprint density at radius 3 is 2.29 bits per heavy atom. The average molecular weight is 568 g/mol. The molecule has 0 aliphatic heterocycles. The van der Waals surface area contributed by atoms with E-state index in [4.69, 9.17) is 9.84 Å². The summed E-state index contributed by atoms with van der Waals surface area (Å²) in [5.74, 6) is -0.125. The molecule has 1 fully saturated rings. The summed E-state index contributed by atoms with van der Waals surface area (Å²) in [5.41, 5.74) is 4.64. The molecule has 7 heteroatoms. The monoisotopic (exact) mass is 567 g/mol. The molecule has 0 radical (unpaired) electrons. The van der Waals surface area contributed by atoms with Crippen molar-refractivity contribution < 1.29 is 28.9 Å². The van der Waals surface area contributed by atoms with E-state index in [-0.39, 0.29) is 17.8 Å². The topological polar surface area (TPSA) is 87.1 Å². The third-order valence-corrected chi connectivity index (χ3v) is 7.58. The number of nitrogens with zero attached hydrogens (tertiary/aromatic N) is 1. The van der Waals surface area contributed by atoms with E-state index in [2.05, 4.69) is 4.90 Å². The summed E-state index contributed by atoms with van der Waals surface area (Å²) in [6, 6.07) is 27.5. The number of hydrogen-bond acceptors (Lipinski definition) is 4. The molecule has 6 nitrogen and oxygen atoms in total. The van der Waals surface area contributed by atoms with Crippen molar-refractivity contribution in [1.29, 1.82) is 0 Å². The lowest BCUT2D eigenvalue weighted by molar-refractivity contribution is -0.137. The normalized spacial score (nSPS) is 12.8. The van der Waals surface area contributed by atoms with Gasteiger partial charge < -0.3 is 14.9 Å². The van der Waals surface area contributed by atoms with Crippen LogP contribution in [0.15, 0.2) is 91.0 Å². The van der Waals surface area contributed by atoms with Crippen molar-refractivity contribution in [2.75, 3.05) is 13.1 Å². The Morgan fingerprint density at radius 1 is 0.881 bits per heavy atom. The number of carboxylic acid groups (broad SMARTS) is 2. The Labute approximate surface area is 245 Å². The van der Waals surface area contributed by atoms with Gasteiger partial charge in [-0.25, -0.2) is 9.18 Å². The Bertz CT molecular complexity index is 1530. The minimum Gasteiger partial charge on any atom is -0.481 e. The van der Waals surface area contributed by atoms with Crippen LogP contribution in [0.25, 0.3) is 11.1 Å². The molecule has 0 saturated heterocycles. The number of para-hydroxylation sites is 1. The smallest absolute Gasteiger partial charge is 0.335 e. The molecule has 0 unspecified atom stereocenters. The highest BCUT2D eigenvalue weighted by molar-refractivity contribution is 5.87. The number of hydrogen-bond donors (Lipinski definition) is 2. The van der Waals surface area contributed by atoms with E-state index in [0.717, 1.165) is 40.8 Å². The van der Waals surface area contributed by atoms with E-state index in [1.807, 2.05) is 60.7 Å². The number of benzene rings is 4. The molecule has 5 rings (SSSR count). The van der Waals surface area contributed by atoms with E-state index < -0.39 is 11.9 Å². The van der Waals surface area contributed by atoms with Gasteiger partial charge in [0.05, 0.1) is 5.56 Å². The van der Waals surface area contributed by atoms with E-state index in [1.165, 1.54) is 0 Å². The summed E-state index contributed by atoms with van der Waals surface area (Å²) in [7, 11) is 0. The maximum absolute atomic E-state index is 14.8. The van der Waals surface area contributed by atoms with Gasteiger partial charge in [-0.15, -0.1) is 0 Å². The van der Waals surface area contributed by atoms with Crippen LogP contribution in [0.2, 0.25) is 0 Å². The zero-order chi connectivity index (χ0) is 29.5. The Hall–Kier alpha value is -4.49. The van der Waals surface area contributed by atoms with Gasteiger partial charge in [-0.1, -0.05) is 54.6 Å². The minimum atomic E-state index is -0.971. The highest BCUT2D eigenvalue weighted by Crippen LogP contribution is 2.41. The van der Waals surface area contributed by atoms with E-state index in [1.54, 1.807) is 30.3 Å². The fraction of sp³-hybridized carbons (Fsp3) is 0.257. The summed E-state index contributed by atoms with van der Waals surface area (Å²) < 4.78 is 21.0. The Morgan fingerprint density at radius 2 is 1.62 bits per heavy atom.